The third kappa shape index (κ3) is 4.97. The molecule has 2 aromatic rings. The van der Waals surface area contributed by atoms with Crippen LogP contribution < -0.4 is 11.1 Å². The molecule has 0 aliphatic rings. The molecule has 3 N–H and O–H groups in total. The standard InChI is InChI=1S/C11H17N7OS2/c1-7-14-8(2)18(17-7)5-3-4-13-9(19)6-20-11-16-15-10(12)21-11/h3-6H2,1-2H3,(H2,12,15)(H,13,19). The average Bonchev–Trinajstić information content (AvgIpc) is 2.98. The van der Waals surface area contributed by atoms with Crippen LogP contribution in [-0.4, -0.2) is 43.2 Å². The first-order chi connectivity index (χ1) is 10.0. The van der Waals surface area contributed by atoms with Crippen LogP contribution in [0.1, 0.15) is 18.1 Å². The Hall–Kier alpha value is -1.68. The number of thioether (sulfide) groups is 1. The highest BCUT2D eigenvalue weighted by atomic mass is 32.2. The fourth-order valence-electron chi connectivity index (χ4n) is 1.69. The van der Waals surface area contributed by atoms with Crippen LogP contribution in [0, 0.1) is 13.8 Å². The second-order valence-corrected chi connectivity index (χ2v) is 6.56. The quantitative estimate of drug-likeness (QED) is 0.566. The van der Waals surface area contributed by atoms with E-state index in [4.69, 9.17) is 5.73 Å². The molecule has 0 radical (unpaired) electrons. The summed E-state index contributed by atoms with van der Waals surface area (Å²) in [5.74, 6) is 1.95. The van der Waals surface area contributed by atoms with Crippen LogP contribution in [0.15, 0.2) is 4.34 Å². The van der Waals surface area contributed by atoms with E-state index in [1.54, 1.807) is 0 Å². The topological polar surface area (TPSA) is 112 Å². The molecule has 10 heteroatoms. The lowest BCUT2D eigenvalue weighted by atomic mass is 10.4. The Morgan fingerprint density at radius 1 is 1.43 bits per heavy atom. The van der Waals surface area contributed by atoms with Crippen LogP contribution in [0.3, 0.4) is 0 Å². The largest absolute Gasteiger partial charge is 0.374 e. The van der Waals surface area contributed by atoms with Gasteiger partial charge in [-0.3, -0.25) is 9.48 Å². The Bertz CT molecular complexity index is 609. The molecule has 0 bridgehead atoms. The van der Waals surface area contributed by atoms with Gasteiger partial charge in [0.15, 0.2) is 4.34 Å². The number of hydrogen-bond donors (Lipinski definition) is 2. The third-order valence-corrected chi connectivity index (χ3v) is 4.47. The molecule has 0 aliphatic heterocycles. The number of nitrogens with one attached hydrogen (secondary N) is 1. The van der Waals surface area contributed by atoms with Gasteiger partial charge in [0.2, 0.25) is 11.0 Å². The van der Waals surface area contributed by atoms with Gasteiger partial charge in [-0.2, -0.15) is 5.10 Å². The molecule has 2 rings (SSSR count). The van der Waals surface area contributed by atoms with Gasteiger partial charge in [-0.25, -0.2) is 4.98 Å². The summed E-state index contributed by atoms with van der Waals surface area (Å²) < 4.78 is 2.55. The number of hydrogen-bond acceptors (Lipinski definition) is 8. The number of aromatic nitrogens is 5. The second-order valence-electron chi connectivity index (χ2n) is 4.33. The molecule has 0 saturated carbocycles. The Balaban J connectivity index is 1.62. The maximum absolute atomic E-state index is 11.7. The smallest absolute Gasteiger partial charge is 0.230 e. The summed E-state index contributed by atoms with van der Waals surface area (Å²) in [6, 6.07) is 0. The molecular weight excluding hydrogens is 310 g/mol. The number of aryl methyl sites for hydroxylation is 3. The van der Waals surface area contributed by atoms with Crippen LogP contribution in [0.5, 0.6) is 0 Å². The van der Waals surface area contributed by atoms with Crippen molar-refractivity contribution in [2.75, 3.05) is 18.0 Å². The monoisotopic (exact) mass is 327 g/mol. The summed E-state index contributed by atoms with van der Waals surface area (Å²) in [5, 5.41) is 15.1. The molecule has 0 aromatic carbocycles. The molecule has 0 unspecified atom stereocenters. The molecule has 0 saturated heterocycles. The first kappa shape index (κ1) is 15.7. The normalized spacial score (nSPS) is 10.8. The van der Waals surface area contributed by atoms with E-state index in [0.29, 0.717) is 21.8 Å². The van der Waals surface area contributed by atoms with Crippen LogP contribution in [0.4, 0.5) is 5.13 Å². The van der Waals surface area contributed by atoms with Crippen molar-refractivity contribution in [3.63, 3.8) is 0 Å². The summed E-state index contributed by atoms with van der Waals surface area (Å²) in [7, 11) is 0. The minimum atomic E-state index is -0.0275. The zero-order valence-electron chi connectivity index (χ0n) is 11.9. The van der Waals surface area contributed by atoms with Gasteiger partial charge in [-0.05, 0) is 20.3 Å². The number of nitrogen functional groups attached to an aromatic ring is 1. The number of amides is 1. The average molecular weight is 327 g/mol. The molecule has 8 nitrogen and oxygen atoms in total. The van der Waals surface area contributed by atoms with E-state index in [-0.39, 0.29) is 5.91 Å². The highest BCUT2D eigenvalue weighted by Crippen LogP contribution is 2.22. The maximum Gasteiger partial charge on any atom is 0.230 e. The second kappa shape index (κ2) is 7.36. The molecule has 2 aromatic heterocycles. The minimum Gasteiger partial charge on any atom is -0.374 e. The van der Waals surface area contributed by atoms with E-state index >= 15 is 0 Å². The van der Waals surface area contributed by atoms with Crippen molar-refractivity contribution in [3.8, 4) is 0 Å². The highest BCUT2D eigenvalue weighted by molar-refractivity contribution is 8.01. The van der Waals surface area contributed by atoms with Gasteiger partial charge < -0.3 is 11.1 Å². The van der Waals surface area contributed by atoms with E-state index in [0.717, 1.165) is 24.6 Å². The van der Waals surface area contributed by atoms with Crippen LogP contribution in [0.25, 0.3) is 0 Å². The predicted molar refractivity (Wildman–Crippen MR) is 82.2 cm³/mol. The molecule has 0 aliphatic carbocycles. The van der Waals surface area contributed by atoms with Gasteiger partial charge in [0.1, 0.15) is 11.6 Å². The summed E-state index contributed by atoms with van der Waals surface area (Å²) in [4.78, 5) is 15.9. The van der Waals surface area contributed by atoms with Gasteiger partial charge >= 0.3 is 0 Å². The molecule has 0 fully saturated rings. The maximum atomic E-state index is 11.7. The molecule has 21 heavy (non-hydrogen) atoms. The van der Waals surface area contributed by atoms with Crippen molar-refractivity contribution >= 4 is 34.1 Å². The van der Waals surface area contributed by atoms with Crippen molar-refractivity contribution in [2.24, 2.45) is 0 Å². The highest BCUT2D eigenvalue weighted by Gasteiger charge is 2.07. The van der Waals surface area contributed by atoms with Gasteiger partial charge in [-0.15, -0.1) is 10.2 Å². The van der Waals surface area contributed by atoms with E-state index in [9.17, 15) is 4.79 Å². The van der Waals surface area contributed by atoms with E-state index < -0.39 is 0 Å². The van der Waals surface area contributed by atoms with Crippen molar-refractivity contribution in [3.05, 3.63) is 11.6 Å². The Kier molecular flexibility index (Phi) is 5.51. The van der Waals surface area contributed by atoms with Crippen molar-refractivity contribution in [2.45, 2.75) is 31.2 Å². The summed E-state index contributed by atoms with van der Waals surface area (Å²) >= 11 is 2.61. The number of nitrogens with two attached hydrogens (primary N) is 1. The zero-order chi connectivity index (χ0) is 15.2. The first-order valence-electron chi connectivity index (χ1n) is 6.41. The summed E-state index contributed by atoms with van der Waals surface area (Å²) in [6.45, 7) is 5.13. The number of anilines is 1. The number of carbonyl (C=O) groups excluding carboxylic acids is 1. The SMILES string of the molecule is Cc1nc(C)n(CCCNC(=O)CSc2nnc(N)s2)n1. The van der Waals surface area contributed by atoms with Gasteiger partial charge in [0, 0.05) is 13.1 Å². The lowest BCUT2D eigenvalue weighted by molar-refractivity contribution is -0.118. The number of rotatable bonds is 7. The van der Waals surface area contributed by atoms with Gasteiger partial charge in [0.25, 0.3) is 0 Å². The lowest BCUT2D eigenvalue weighted by Gasteiger charge is -2.05. The molecule has 114 valence electrons. The summed E-state index contributed by atoms with van der Waals surface area (Å²) in [5.41, 5.74) is 5.47. The molecule has 0 spiro atoms. The number of carbonyl (C=O) groups is 1. The Labute approximate surface area is 130 Å². The predicted octanol–water partition coefficient (Wildman–Crippen LogP) is 0.627. The first-order valence-corrected chi connectivity index (χ1v) is 8.21. The zero-order valence-corrected chi connectivity index (χ0v) is 13.5. The van der Waals surface area contributed by atoms with Crippen LogP contribution in [-0.2, 0) is 11.3 Å². The minimum absolute atomic E-state index is 0.0275. The Morgan fingerprint density at radius 2 is 2.24 bits per heavy atom. The van der Waals surface area contributed by atoms with Crippen LogP contribution in [0.2, 0.25) is 0 Å². The summed E-state index contributed by atoms with van der Waals surface area (Å²) in [6.07, 6.45) is 0.811. The lowest BCUT2D eigenvalue weighted by Crippen LogP contribution is -2.27. The van der Waals surface area contributed by atoms with Gasteiger partial charge in [0.05, 0.1) is 5.75 Å². The number of nitrogens with zero attached hydrogens (tertiary/aromatic N) is 5. The molecule has 2 heterocycles. The van der Waals surface area contributed by atoms with E-state index in [1.807, 2.05) is 18.5 Å². The van der Waals surface area contributed by atoms with E-state index in [1.165, 1.54) is 23.1 Å². The van der Waals surface area contributed by atoms with E-state index in [2.05, 4.69) is 25.6 Å². The fourth-order valence-corrected chi connectivity index (χ4v) is 3.15. The molecule has 1 amide bonds. The fraction of sp³-hybridized carbons (Fsp3) is 0.545. The van der Waals surface area contributed by atoms with Crippen LogP contribution >= 0.6 is 23.1 Å². The van der Waals surface area contributed by atoms with Crippen molar-refractivity contribution in [1.29, 1.82) is 0 Å². The molecule has 0 atom stereocenters. The van der Waals surface area contributed by atoms with Crippen molar-refractivity contribution < 1.29 is 4.79 Å². The third-order valence-electron chi connectivity index (χ3n) is 2.58. The molecular formula is C11H17N7OS2. The van der Waals surface area contributed by atoms with Gasteiger partial charge in [-0.1, -0.05) is 23.1 Å². The Morgan fingerprint density at radius 3 is 2.86 bits per heavy atom. The van der Waals surface area contributed by atoms with Crippen molar-refractivity contribution in [1.82, 2.24) is 30.3 Å².